The minimum Gasteiger partial charge on any atom is -0.373 e. The lowest BCUT2D eigenvalue weighted by Gasteiger charge is -2.38. The average Bonchev–Trinajstić information content (AvgIpc) is 2.94. The lowest BCUT2D eigenvalue weighted by molar-refractivity contribution is -0.0689. The first-order valence-corrected chi connectivity index (χ1v) is 8.17. The van der Waals surface area contributed by atoms with Crippen molar-refractivity contribution in [1.29, 1.82) is 5.26 Å². The summed E-state index contributed by atoms with van der Waals surface area (Å²) in [6.45, 7) is 8.28. The molecule has 118 valence electrons. The number of anilines is 1. The van der Waals surface area contributed by atoms with Gasteiger partial charge in [0.1, 0.15) is 11.9 Å². The molecule has 0 aliphatic carbocycles. The van der Waals surface area contributed by atoms with Gasteiger partial charge in [-0.3, -0.25) is 4.90 Å². The lowest BCUT2D eigenvalue weighted by Crippen LogP contribution is -2.50. The second kappa shape index (κ2) is 6.64. The van der Waals surface area contributed by atoms with Gasteiger partial charge in [-0.05, 0) is 38.8 Å². The van der Waals surface area contributed by atoms with Crippen molar-refractivity contribution in [2.45, 2.75) is 44.9 Å². The van der Waals surface area contributed by atoms with Crippen LogP contribution in [0.5, 0.6) is 0 Å². The van der Waals surface area contributed by atoms with Crippen molar-refractivity contribution < 1.29 is 4.74 Å². The van der Waals surface area contributed by atoms with E-state index in [-0.39, 0.29) is 0 Å². The summed E-state index contributed by atoms with van der Waals surface area (Å²) in [5, 5.41) is 9.31. The molecule has 2 aliphatic rings. The smallest absolute Gasteiger partial charge is 0.146 e. The summed E-state index contributed by atoms with van der Waals surface area (Å²) in [6, 6.07) is 6.41. The molecular formula is C17H24N4O. The van der Waals surface area contributed by atoms with E-state index in [4.69, 9.17) is 4.74 Å². The van der Waals surface area contributed by atoms with E-state index < -0.39 is 0 Å². The molecule has 5 nitrogen and oxygen atoms in total. The molecule has 0 radical (unpaired) electrons. The Kier molecular flexibility index (Phi) is 4.60. The highest BCUT2D eigenvalue weighted by molar-refractivity contribution is 5.54. The summed E-state index contributed by atoms with van der Waals surface area (Å²) < 4.78 is 5.82. The van der Waals surface area contributed by atoms with E-state index in [9.17, 15) is 5.26 Å². The minimum atomic E-state index is 0.295. The van der Waals surface area contributed by atoms with Crippen LogP contribution in [0, 0.1) is 11.3 Å². The highest BCUT2D eigenvalue weighted by Crippen LogP contribution is 2.27. The van der Waals surface area contributed by atoms with Crippen LogP contribution in [-0.4, -0.2) is 54.3 Å². The zero-order valence-electron chi connectivity index (χ0n) is 13.4. The molecule has 0 spiro atoms. The molecule has 3 heterocycles. The van der Waals surface area contributed by atoms with Gasteiger partial charge in [0.25, 0.3) is 0 Å². The second-order valence-electron chi connectivity index (χ2n) is 6.45. The zero-order valence-corrected chi connectivity index (χ0v) is 13.4. The predicted octanol–water partition coefficient (Wildman–Crippen LogP) is 2.03. The Morgan fingerprint density at radius 1 is 1.36 bits per heavy atom. The summed E-state index contributed by atoms with van der Waals surface area (Å²) in [6.07, 6.45) is 4.71. The Balaban J connectivity index is 1.72. The molecule has 1 aromatic rings. The maximum Gasteiger partial charge on any atom is 0.146 e. The number of nitrogens with zero attached hydrogens (tertiary/aromatic N) is 4. The van der Waals surface area contributed by atoms with Gasteiger partial charge in [0, 0.05) is 38.4 Å². The Morgan fingerprint density at radius 3 is 2.86 bits per heavy atom. The Labute approximate surface area is 132 Å². The lowest BCUT2D eigenvalue weighted by atomic mass is 10.1. The number of hydrogen-bond acceptors (Lipinski definition) is 5. The van der Waals surface area contributed by atoms with Crippen molar-refractivity contribution in [3.8, 4) is 6.07 Å². The highest BCUT2D eigenvalue weighted by atomic mass is 16.5. The van der Waals surface area contributed by atoms with Crippen molar-refractivity contribution in [2.75, 3.05) is 31.1 Å². The van der Waals surface area contributed by atoms with Crippen LogP contribution in [0.4, 0.5) is 5.82 Å². The van der Waals surface area contributed by atoms with Gasteiger partial charge >= 0.3 is 0 Å². The van der Waals surface area contributed by atoms with E-state index >= 15 is 0 Å². The molecule has 3 atom stereocenters. The van der Waals surface area contributed by atoms with Crippen LogP contribution < -0.4 is 4.90 Å². The van der Waals surface area contributed by atoms with Crippen molar-refractivity contribution in [3.05, 3.63) is 23.9 Å². The largest absolute Gasteiger partial charge is 0.373 e. The van der Waals surface area contributed by atoms with E-state index in [2.05, 4.69) is 34.7 Å². The SMILES string of the molecule is C[C@@H]1CN(C[C@H]2CCCN2c2ncccc2C#N)C[C@H](C)O1. The molecule has 3 rings (SSSR count). The molecule has 5 heteroatoms. The number of aromatic nitrogens is 1. The quantitative estimate of drug-likeness (QED) is 0.855. The Morgan fingerprint density at radius 2 is 2.14 bits per heavy atom. The topological polar surface area (TPSA) is 52.4 Å². The van der Waals surface area contributed by atoms with Crippen molar-refractivity contribution in [2.24, 2.45) is 0 Å². The fourth-order valence-corrected chi connectivity index (χ4v) is 3.75. The summed E-state index contributed by atoms with van der Waals surface area (Å²) in [5.41, 5.74) is 0.679. The molecule has 1 aromatic heterocycles. The van der Waals surface area contributed by atoms with E-state index in [1.807, 2.05) is 12.1 Å². The maximum atomic E-state index is 9.31. The second-order valence-corrected chi connectivity index (χ2v) is 6.45. The molecule has 2 aliphatic heterocycles. The molecule has 0 N–H and O–H groups in total. The van der Waals surface area contributed by atoms with Crippen LogP contribution in [-0.2, 0) is 4.74 Å². The number of morpholine rings is 1. The van der Waals surface area contributed by atoms with Crippen LogP contribution in [0.15, 0.2) is 18.3 Å². The molecule has 22 heavy (non-hydrogen) atoms. The monoisotopic (exact) mass is 300 g/mol. The van der Waals surface area contributed by atoms with Gasteiger partial charge in [-0.15, -0.1) is 0 Å². The fraction of sp³-hybridized carbons (Fsp3) is 0.647. The molecule has 2 saturated heterocycles. The molecule has 0 unspecified atom stereocenters. The van der Waals surface area contributed by atoms with Crippen molar-refractivity contribution in [1.82, 2.24) is 9.88 Å². The molecule has 0 saturated carbocycles. The molecule has 0 amide bonds. The van der Waals surface area contributed by atoms with E-state index in [1.54, 1.807) is 6.20 Å². The standard InChI is InChI=1S/C17H24N4O/c1-13-10-20(11-14(2)22-13)12-16-6-4-8-21(16)17-15(9-18)5-3-7-19-17/h3,5,7,13-14,16H,4,6,8,10-12H2,1-2H3/t13-,14+,16-/m1/s1. The first-order valence-electron chi connectivity index (χ1n) is 8.17. The summed E-state index contributed by atoms with van der Waals surface area (Å²) in [5.74, 6) is 0.849. The van der Waals surface area contributed by atoms with Crippen LogP contribution in [0.25, 0.3) is 0 Å². The van der Waals surface area contributed by atoms with Crippen LogP contribution in [0.3, 0.4) is 0 Å². The average molecular weight is 300 g/mol. The Bertz CT molecular complexity index is 546. The van der Waals surface area contributed by atoms with E-state index in [1.165, 1.54) is 12.8 Å². The van der Waals surface area contributed by atoms with Gasteiger partial charge in [-0.2, -0.15) is 5.26 Å². The van der Waals surface area contributed by atoms with Crippen LogP contribution in [0.2, 0.25) is 0 Å². The van der Waals surface area contributed by atoms with Crippen molar-refractivity contribution >= 4 is 5.82 Å². The number of pyridine rings is 1. The number of rotatable bonds is 3. The van der Waals surface area contributed by atoms with Gasteiger partial charge in [-0.1, -0.05) is 0 Å². The van der Waals surface area contributed by atoms with Gasteiger partial charge in [0.05, 0.1) is 17.8 Å². The number of hydrogen-bond donors (Lipinski definition) is 0. The van der Waals surface area contributed by atoms with Crippen LogP contribution >= 0.6 is 0 Å². The predicted molar refractivity (Wildman–Crippen MR) is 85.8 cm³/mol. The summed E-state index contributed by atoms with van der Waals surface area (Å²) >= 11 is 0. The maximum absolute atomic E-state index is 9.31. The van der Waals surface area contributed by atoms with Gasteiger partial charge < -0.3 is 9.64 Å². The Hall–Kier alpha value is -1.64. The molecule has 2 fully saturated rings. The third-order valence-electron chi connectivity index (χ3n) is 4.52. The normalized spacial score (nSPS) is 29.5. The molecular weight excluding hydrogens is 276 g/mol. The summed E-state index contributed by atoms with van der Waals surface area (Å²) in [7, 11) is 0. The van der Waals surface area contributed by atoms with Gasteiger partial charge in [0.2, 0.25) is 0 Å². The first-order chi connectivity index (χ1) is 10.7. The third-order valence-corrected chi connectivity index (χ3v) is 4.52. The minimum absolute atomic E-state index is 0.295. The van der Waals surface area contributed by atoms with Crippen molar-refractivity contribution in [3.63, 3.8) is 0 Å². The molecule has 0 aromatic carbocycles. The highest BCUT2D eigenvalue weighted by Gasteiger charge is 2.31. The van der Waals surface area contributed by atoms with E-state index in [0.717, 1.165) is 32.0 Å². The molecule has 0 bridgehead atoms. The number of ether oxygens (including phenoxy) is 1. The van der Waals surface area contributed by atoms with E-state index in [0.29, 0.717) is 23.8 Å². The van der Waals surface area contributed by atoms with Crippen LogP contribution in [0.1, 0.15) is 32.3 Å². The van der Waals surface area contributed by atoms with Gasteiger partial charge in [0.15, 0.2) is 0 Å². The number of nitriles is 1. The van der Waals surface area contributed by atoms with Gasteiger partial charge in [-0.25, -0.2) is 4.98 Å². The summed E-state index contributed by atoms with van der Waals surface area (Å²) in [4.78, 5) is 9.28. The first kappa shape index (κ1) is 15.3. The third kappa shape index (κ3) is 3.23. The fourth-order valence-electron chi connectivity index (χ4n) is 3.75. The zero-order chi connectivity index (χ0) is 15.5.